The minimum absolute atomic E-state index is 0.401. The van der Waals surface area contributed by atoms with Crippen molar-refractivity contribution in [3.63, 3.8) is 0 Å². The van der Waals surface area contributed by atoms with Crippen LogP contribution in [0.1, 0.15) is 10.4 Å². The fourth-order valence-corrected chi connectivity index (χ4v) is 3.44. The molecule has 5 nitrogen and oxygen atoms in total. The Kier molecular flexibility index (Phi) is 4.06. The zero-order valence-electron chi connectivity index (χ0n) is 15.6. The number of aromatic nitrogens is 2. The van der Waals surface area contributed by atoms with E-state index < -0.39 is 5.97 Å². The number of oxazole rings is 1. The number of methoxy groups -OCH3 is 1. The van der Waals surface area contributed by atoms with E-state index in [1.54, 1.807) is 6.07 Å². The van der Waals surface area contributed by atoms with Gasteiger partial charge in [-0.2, -0.15) is 0 Å². The van der Waals surface area contributed by atoms with Gasteiger partial charge in [-0.25, -0.2) is 14.8 Å². The van der Waals surface area contributed by atoms with E-state index in [1.807, 2.05) is 72.8 Å². The van der Waals surface area contributed by atoms with Crippen LogP contribution in [0.2, 0.25) is 0 Å². The van der Waals surface area contributed by atoms with E-state index in [4.69, 9.17) is 14.1 Å². The molecule has 0 bridgehead atoms. The largest absolute Gasteiger partial charge is 0.465 e. The lowest BCUT2D eigenvalue weighted by molar-refractivity contribution is 0.0603. The highest BCUT2D eigenvalue weighted by Gasteiger charge is 2.20. The van der Waals surface area contributed by atoms with Crippen LogP contribution < -0.4 is 0 Å². The van der Waals surface area contributed by atoms with E-state index in [0.29, 0.717) is 39.2 Å². The molecule has 5 rings (SSSR count). The summed E-state index contributed by atoms with van der Waals surface area (Å²) in [5, 5.41) is 0.601. The predicted octanol–water partition coefficient (Wildman–Crippen LogP) is 5.50. The van der Waals surface area contributed by atoms with E-state index in [9.17, 15) is 4.79 Å². The number of rotatable bonds is 3. The van der Waals surface area contributed by atoms with Gasteiger partial charge in [-0.1, -0.05) is 48.5 Å². The molecular weight excluding hydrogens is 364 g/mol. The number of carbonyl (C=O) groups is 1. The predicted molar refractivity (Wildman–Crippen MR) is 112 cm³/mol. The molecule has 5 heteroatoms. The number of pyridine rings is 1. The van der Waals surface area contributed by atoms with E-state index in [-0.39, 0.29) is 0 Å². The Morgan fingerprint density at radius 1 is 0.828 bits per heavy atom. The lowest BCUT2D eigenvalue weighted by Crippen LogP contribution is -2.04. The van der Waals surface area contributed by atoms with Crippen molar-refractivity contribution in [3.8, 4) is 22.7 Å². The smallest absolute Gasteiger partial charge is 0.338 e. The van der Waals surface area contributed by atoms with Crippen LogP contribution in [0, 0.1) is 0 Å². The second kappa shape index (κ2) is 6.87. The van der Waals surface area contributed by atoms with Gasteiger partial charge in [0.1, 0.15) is 5.52 Å². The van der Waals surface area contributed by atoms with Crippen molar-refractivity contribution < 1.29 is 13.9 Å². The molecule has 0 aliphatic carbocycles. The molecule has 0 aliphatic rings. The van der Waals surface area contributed by atoms with Crippen molar-refractivity contribution in [3.05, 3.63) is 84.4 Å². The van der Waals surface area contributed by atoms with Gasteiger partial charge in [0.05, 0.1) is 29.3 Å². The number of carbonyl (C=O) groups excluding carboxylic acids is 1. The van der Waals surface area contributed by atoms with E-state index in [1.165, 1.54) is 7.11 Å². The molecule has 0 radical (unpaired) electrons. The van der Waals surface area contributed by atoms with Crippen LogP contribution >= 0.6 is 0 Å². The van der Waals surface area contributed by atoms with Gasteiger partial charge in [0, 0.05) is 11.1 Å². The maximum Gasteiger partial charge on any atom is 0.338 e. The van der Waals surface area contributed by atoms with Crippen molar-refractivity contribution in [2.24, 2.45) is 0 Å². The molecule has 3 aromatic carbocycles. The monoisotopic (exact) mass is 380 g/mol. The summed E-state index contributed by atoms with van der Waals surface area (Å²) in [5.74, 6) is 0.0517. The van der Waals surface area contributed by atoms with Crippen molar-refractivity contribution in [2.45, 2.75) is 0 Å². The molecule has 5 aromatic rings. The minimum atomic E-state index is -0.445. The topological polar surface area (TPSA) is 65.2 Å². The Labute approximate surface area is 166 Å². The SMILES string of the molecule is COC(=O)c1cc(-c2ccccc2)nc2ccc3nc(-c4ccccc4)oc3c12. The van der Waals surface area contributed by atoms with Gasteiger partial charge in [-0.05, 0) is 30.3 Å². The summed E-state index contributed by atoms with van der Waals surface area (Å²) in [7, 11) is 1.37. The van der Waals surface area contributed by atoms with E-state index >= 15 is 0 Å². The molecule has 140 valence electrons. The van der Waals surface area contributed by atoms with Crippen LogP contribution in [0.3, 0.4) is 0 Å². The third kappa shape index (κ3) is 2.93. The van der Waals surface area contributed by atoms with Gasteiger partial charge >= 0.3 is 5.97 Å². The van der Waals surface area contributed by atoms with E-state index in [2.05, 4.69) is 4.98 Å². The lowest BCUT2D eigenvalue weighted by atomic mass is 10.0. The Hall–Kier alpha value is -3.99. The molecule has 0 amide bonds. The number of nitrogens with zero attached hydrogens (tertiary/aromatic N) is 2. The highest BCUT2D eigenvalue weighted by Crippen LogP contribution is 2.33. The van der Waals surface area contributed by atoms with Crippen molar-refractivity contribution in [1.82, 2.24) is 9.97 Å². The normalized spacial score (nSPS) is 11.1. The molecule has 0 fully saturated rings. The second-order valence-electron chi connectivity index (χ2n) is 6.61. The Morgan fingerprint density at radius 3 is 2.17 bits per heavy atom. The molecule has 2 aromatic heterocycles. The molecule has 0 unspecified atom stereocenters. The zero-order valence-corrected chi connectivity index (χ0v) is 15.6. The fourth-order valence-electron chi connectivity index (χ4n) is 3.44. The average Bonchev–Trinajstić information content (AvgIpc) is 3.23. The maximum absolute atomic E-state index is 12.6. The summed E-state index contributed by atoms with van der Waals surface area (Å²) in [6.07, 6.45) is 0. The maximum atomic E-state index is 12.6. The van der Waals surface area contributed by atoms with Gasteiger partial charge in [0.2, 0.25) is 5.89 Å². The third-order valence-electron chi connectivity index (χ3n) is 4.82. The van der Waals surface area contributed by atoms with Gasteiger partial charge in [-0.3, -0.25) is 0 Å². The highest BCUT2D eigenvalue weighted by molar-refractivity contribution is 6.14. The summed E-state index contributed by atoms with van der Waals surface area (Å²) in [5.41, 5.74) is 4.71. The molecule has 0 saturated heterocycles. The number of hydrogen-bond acceptors (Lipinski definition) is 5. The summed E-state index contributed by atoms with van der Waals surface area (Å²) in [6, 6.07) is 24.8. The van der Waals surface area contributed by atoms with Crippen LogP contribution in [0.25, 0.3) is 44.7 Å². The standard InChI is InChI=1S/C24H16N2O3/c1-28-24(27)17-14-20(15-8-4-2-5-9-15)25-18-12-13-19-22(21(17)18)29-23(26-19)16-10-6-3-7-11-16/h2-14H,1H3. The number of esters is 1. The number of hydrogen-bond donors (Lipinski definition) is 0. The van der Waals surface area contributed by atoms with Crippen molar-refractivity contribution >= 4 is 28.0 Å². The number of benzene rings is 3. The fraction of sp³-hybridized carbons (Fsp3) is 0.0417. The van der Waals surface area contributed by atoms with Crippen LogP contribution in [-0.4, -0.2) is 23.0 Å². The number of ether oxygens (including phenoxy) is 1. The van der Waals surface area contributed by atoms with Crippen molar-refractivity contribution in [1.29, 1.82) is 0 Å². The summed E-state index contributed by atoms with van der Waals surface area (Å²) >= 11 is 0. The summed E-state index contributed by atoms with van der Waals surface area (Å²) in [4.78, 5) is 22.0. The van der Waals surface area contributed by atoms with Crippen LogP contribution in [0.15, 0.2) is 83.3 Å². The van der Waals surface area contributed by atoms with Gasteiger partial charge < -0.3 is 9.15 Å². The number of fused-ring (bicyclic) bond motifs is 3. The van der Waals surface area contributed by atoms with Crippen LogP contribution in [0.5, 0.6) is 0 Å². The first kappa shape index (κ1) is 17.1. The van der Waals surface area contributed by atoms with Gasteiger partial charge in [0.25, 0.3) is 0 Å². The summed E-state index contributed by atoms with van der Waals surface area (Å²) in [6.45, 7) is 0. The van der Waals surface area contributed by atoms with Crippen LogP contribution in [-0.2, 0) is 4.74 Å². The Balaban J connectivity index is 1.81. The quantitative estimate of drug-likeness (QED) is 0.387. The van der Waals surface area contributed by atoms with E-state index in [0.717, 1.165) is 11.1 Å². The summed E-state index contributed by atoms with van der Waals surface area (Å²) < 4.78 is 11.1. The van der Waals surface area contributed by atoms with Crippen LogP contribution in [0.4, 0.5) is 0 Å². The molecular formula is C24H16N2O3. The molecule has 0 N–H and O–H groups in total. The molecule has 2 heterocycles. The minimum Gasteiger partial charge on any atom is -0.465 e. The first-order chi connectivity index (χ1) is 14.2. The molecule has 0 spiro atoms. The van der Waals surface area contributed by atoms with Crippen molar-refractivity contribution in [2.75, 3.05) is 7.11 Å². The lowest BCUT2D eigenvalue weighted by Gasteiger charge is -2.08. The highest BCUT2D eigenvalue weighted by atomic mass is 16.5. The Morgan fingerprint density at radius 2 is 1.48 bits per heavy atom. The molecule has 0 atom stereocenters. The van der Waals surface area contributed by atoms with Gasteiger partial charge in [-0.15, -0.1) is 0 Å². The second-order valence-corrected chi connectivity index (χ2v) is 6.61. The molecule has 29 heavy (non-hydrogen) atoms. The third-order valence-corrected chi connectivity index (χ3v) is 4.82. The molecule has 0 aliphatic heterocycles. The first-order valence-electron chi connectivity index (χ1n) is 9.18. The first-order valence-corrected chi connectivity index (χ1v) is 9.18. The average molecular weight is 380 g/mol. The zero-order chi connectivity index (χ0) is 19.8. The Bertz CT molecular complexity index is 1340. The molecule has 0 saturated carbocycles. The van der Waals surface area contributed by atoms with Gasteiger partial charge in [0.15, 0.2) is 5.58 Å².